The van der Waals surface area contributed by atoms with E-state index in [0.717, 1.165) is 12.5 Å². The quantitative estimate of drug-likeness (QED) is 0.506. The molecule has 124 valence electrons. The van der Waals surface area contributed by atoms with Gasteiger partial charge in [0.15, 0.2) is 5.76 Å². The van der Waals surface area contributed by atoms with Crippen molar-refractivity contribution in [3.05, 3.63) is 64.8 Å². The second-order valence-electron chi connectivity index (χ2n) is 5.29. The van der Waals surface area contributed by atoms with Gasteiger partial charge in [0, 0.05) is 5.39 Å². The molecule has 0 spiro atoms. The predicted octanol–water partition coefficient (Wildman–Crippen LogP) is 4.35. The van der Waals surface area contributed by atoms with Gasteiger partial charge >= 0.3 is 6.16 Å². The molecular formula is C19H12O6. The first-order valence-corrected chi connectivity index (χ1v) is 7.48. The average molecular weight is 336 g/mol. The van der Waals surface area contributed by atoms with E-state index < -0.39 is 11.6 Å². The Kier molecular flexibility index (Phi) is 3.50. The number of benzene rings is 2. The number of furan rings is 1. The van der Waals surface area contributed by atoms with Gasteiger partial charge in [0.2, 0.25) is 16.9 Å². The normalized spacial score (nSPS) is 10.9. The van der Waals surface area contributed by atoms with E-state index in [9.17, 15) is 9.59 Å². The second kappa shape index (κ2) is 5.83. The zero-order valence-corrected chi connectivity index (χ0v) is 13.1. The minimum atomic E-state index is -1.01. The van der Waals surface area contributed by atoms with E-state index in [-0.39, 0.29) is 17.3 Å². The molecule has 0 amide bonds. The van der Waals surface area contributed by atoms with Crippen LogP contribution in [-0.2, 0) is 4.74 Å². The van der Waals surface area contributed by atoms with Crippen LogP contribution in [0.5, 0.6) is 5.75 Å². The second-order valence-corrected chi connectivity index (χ2v) is 5.29. The Morgan fingerprint density at radius 1 is 0.960 bits per heavy atom. The van der Waals surface area contributed by atoms with Crippen LogP contribution in [0.25, 0.3) is 33.5 Å². The highest BCUT2D eigenvalue weighted by atomic mass is 16.7. The number of rotatable bonds is 2. The highest BCUT2D eigenvalue weighted by molar-refractivity contribution is 5.86. The molecule has 2 aromatic heterocycles. The van der Waals surface area contributed by atoms with Crippen LogP contribution in [0, 0.1) is 0 Å². The van der Waals surface area contributed by atoms with Crippen molar-refractivity contribution in [2.75, 3.05) is 7.11 Å². The van der Waals surface area contributed by atoms with Crippen molar-refractivity contribution >= 4 is 28.1 Å². The molecule has 6 heteroatoms. The fourth-order valence-corrected chi connectivity index (χ4v) is 2.60. The zero-order valence-electron chi connectivity index (χ0n) is 13.1. The molecule has 0 aliphatic heterocycles. The molecule has 2 heterocycles. The molecule has 0 bridgehead atoms. The molecule has 2 aromatic carbocycles. The van der Waals surface area contributed by atoms with Crippen LogP contribution >= 0.6 is 0 Å². The first kappa shape index (κ1) is 15.0. The molecule has 4 rings (SSSR count). The summed E-state index contributed by atoms with van der Waals surface area (Å²) in [6.45, 7) is 0. The summed E-state index contributed by atoms with van der Waals surface area (Å²) in [7, 11) is 1.16. The van der Waals surface area contributed by atoms with Gasteiger partial charge in [0.1, 0.15) is 11.2 Å². The molecular weight excluding hydrogens is 324 g/mol. The van der Waals surface area contributed by atoms with Gasteiger partial charge in [-0.2, -0.15) is 0 Å². The predicted molar refractivity (Wildman–Crippen MR) is 90.7 cm³/mol. The summed E-state index contributed by atoms with van der Waals surface area (Å²) >= 11 is 0. The van der Waals surface area contributed by atoms with E-state index in [1.54, 1.807) is 36.4 Å². The summed E-state index contributed by atoms with van der Waals surface area (Å²) < 4.78 is 21.1. The van der Waals surface area contributed by atoms with Gasteiger partial charge in [-0.3, -0.25) is 4.79 Å². The highest BCUT2D eigenvalue weighted by Crippen LogP contribution is 2.34. The first-order chi connectivity index (χ1) is 12.2. The van der Waals surface area contributed by atoms with E-state index in [0.29, 0.717) is 16.6 Å². The first-order valence-electron chi connectivity index (χ1n) is 7.48. The summed E-state index contributed by atoms with van der Waals surface area (Å²) in [6, 6.07) is 15.8. The Hall–Kier alpha value is -3.54. The summed E-state index contributed by atoms with van der Waals surface area (Å²) in [6.07, 6.45) is -1.01. The minimum absolute atomic E-state index is 0.0327. The number of ether oxygens (including phenoxy) is 2. The third-order valence-electron chi connectivity index (χ3n) is 3.76. The number of hydrogen-bond donors (Lipinski definition) is 0. The lowest BCUT2D eigenvalue weighted by molar-refractivity contribution is 0.120. The van der Waals surface area contributed by atoms with Gasteiger partial charge < -0.3 is 18.3 Å². The molecule has 0 unspecified atom stereocenters. The molecule has 6 nitrogen and oxygen atoms in total. The summed E-state index contributed by atoms with van der Waals surface area (Å²) in [5.74, 6) is 0.0397. The molecule has 4 aromatic rings. The largest absolute Gasteiger partial charge is 0.513 e. The molecule has 0 N–H and O–H groups in total. The lowest BCUT2D eigenvalue weighted by Crippen LogP contribution is -2.15. The third-order valence-corrected chi connectivity index (χ3v) is 3.76. The Morgan fingerprint density at radius 3 is 2.44 bits per heavy atom. The monoisotopic (exact) mass is 336 g/mol. The number of carbonyl (C=O) groups excluding carboxylic acids is 1. The fourth-order valence-electron chi connectivity index (χ4n) is 2.60. The van der Waals surface area contributed by atoms with E-state index in [1.165, 1.54) is 0 Å². The van der Waals surface area contributed by atoms with Crippen LogP contribution in [-0.4, -0.2) is 13.3 Å². The SMILES string of the molecule is COC(=O)Oc1c(-c2cc3ccccc3o2)oc2ccccc2c1=O. The summed E-state index contributed by atoms with van der Waals surface area (Å²) in [5, 5.41) is 1.12. The van der Waals surface area contributed by atoms with Gasteiger partial charge in [-0.05, 0) is 24.3 Å². The molecule has 0 saturated carbocycles. The van der Waals surface area contributed by atoms with Crippen LogP contribution in [0.1, 0.15) is 0 Å². The topological polar surface area (TPSA) is 78.9 Å². The smallest absolute Gasteiger partial charge is 0.453 e. The van der Waals surface area contributed by atoms with Gasteiger partial charge in [-0.15, -0.1) is 0 Å². The van der Waals surface area contributed by atoms with Crippen molar-refractivity contribution in [3.8, 4) is 17.3 Å². The van der Waals surface area contributed by atoms with Crippen LogP contribution in [0.3, 0.4) is 0 Å². The molecule has 0 atom stereocenters. The number of methoxy groups -OCH3 is 1. The maximum Gasteiger partial charge on any atom is 0.513 e. The van der Waals surface area contributed by atoms with E-state index in [1.807, 2.05) is 18.2 Å². The van der Waals surface area contributed by atoms with Crippen LogP contribution in [0.4, 0.5) is 4.79 Å². The van der Waals surface area contributed by atoms with Crippen LogP contribution in [0.15, 0.2) is 68.2 Å². The molecule has 0 aliphatic carbocycles. The average Bonchev–Trinajstić information content (AvgIpc) is 3.07. The zero-order chi connectivity index (χ0) is 17.4. The summed E-state index contributed by atoms with van der Waals surface area (Å²) in [4.78, 5) is 24.3. The van der Waals surface area contributed by atoms with E-state index in [2.05, 4.69) is 4.74 Å². The fraction of sp³-hybridized carbons (Fsp3) is 0.0526. The number of hydrogen-bond acceptors (Lipinski definition) is 6. The Bertz CT molecular complexity index is 1120. The van der Waals surface area contributed by atoms with Crippen molar-refractivity contribution in [2.45, 2.75) is 0 Å². The number of para-hydroxylation sites is 2. The Labute approximate surface area is 141 Å². The van der Waals surface area contributed by atoms with E-state index in [4.69, 9.17) is 13.6 Å². The molecule has 0 saturated heterocycles. The van der Waals surface area contributed by atoms with Crippen molar-refractivity contribution in [1.82, 2.24) is 0 Å². The molecule has 0 radical (unpaired) electrons. The lowest BCUT2D eigenvalue weighted by Gasteiger charge is -2.07. The standard InChI is InChI=1S/C19H12O6/c1-22-19(21)25-18-16(20)12-7-3-5-9-14(12)24-17(18)15-10-11-6-2-4-8-13(11)23-15/h2-10H,1H3. The van der Waals surface area contributed by atoms with Crippen LogP contribution in [0.2, 0.25) is 0 Å². The molecule has 0 aliphatic rings. The van der Waals surface area contributed by atoms with Crippen molar-refractivity contribution in [1.29, 1.82) is 0 Å². The van der Waals surface area contributed by atoms with Crippen molar-refractivity contribution in [3.63, 3.8) is 0 Å². The Balaban J connectivity index is 2.01. The van der Waals surface area contributed by atoms with Gasteiger partial charge in [-0.1, -0.05) is 30.3 Å². The summed E-state index contributed by atoms with van der Waals surface area (Å²) in [5.41, 5.74) is 0.500. The lowest BCUT2D eigenvalue weighted by atomic mass is 10.2. The van der Waals surface area contributed by atoms with Crippen LogP contribution < -0.4 is 10.2 Å². The highest BCUT2D eigenvalue weighted by Gasteiger charge is 2.23. The van der Waals surface area contributed by atoms with Crippen molar-refractivity contribution < 1.29 is 23.1 Å². The van der Waals surface area contributed by atoms with E-state index >= 15 is 0 Å². The maximum absolute atomic E-state index is 12.8. The molecule has 25 heavy (non-hydrogen) atoms. The van der Waals surface area contributed by atoms with Gasteiger partial charge in [0.05, 0.1) is 12.5 Å². The maximum atomic E-state index is 12.8. The third kappa shape index (κ3) is 2.53. The number of fused-ring (bicyclic) bond motifs is 2. The Morgan fingerprint density at radius 2 is 1.68 bits per heavy atom. The van der Waals surface area contributed by atoms with Gasteiger partial charge in [0.25, 0.3) is 0 Å². The molecule has 0 fully saturated rings. The van der Waals surface area contributed by atoms with Crippen molar-refractivity contribution in [2.24, 2.45) is 0 Å². The minimum Gasteiger partial charge on any atom is -0.453 e. The number of carbonyl (C=O) groups is 1. The van der Waals surface area contributed by atoms with Gasteiger partial charge in [-0.25, -0.2) is 4.79 Å².